The number of hydrogen-bond donors (Lipinski definition) is 1. The van der Waals surface area contributed by atoms with Gasteiger partial charge in [0.2, 0.25) is 5.91 Å². The second-order valence-corrected chi connectivity index (χ2v) is 11.2. The van der Waals surface area contributed by atoms with Gasteiger partial charge >= 0.3 is 0 Å². The Balaban J connectivity index is 1.26. The first-order valence-electron chi connectivity index (χ1n) is 13.2. The number of phenolic OH excluding ortho intramolecular Hbond substituents is 1. The third-order valence-electron chi connectivity index (χ3n) is 9.57. The highest BCUT2D eigenvalue weighted by Gasteiger charge is 2.58. The summed E-state index contributed by atoms with van der Waals surface area (Å²) in [6, 6.07) is 6.04. The fourth-order valence-electron chi connectivity index (χ4n) is 8.23. The van der Waals surface area contributed by atoms with Crippen LogP contribution < -0.4 is 0 Å². The summed E-state index contributed by atoms with van der Waals surface area (Å²) in [6.45, 7) is 5.27. The maximum atomic E-state index is 12.8. The highest BCUT2D eigenvalue weighted by atomic mass is 16.5. The Hall–Kier alpha value is -2.34. The molecule has 6 heteroatoms. The third-order valence-corrected chi connectivity index (χ3v) is 9.57. The monoisotopic (exact) mass is 463 g/mol. The van der Waals surface area contributed by atoms with E-state index in [4.69, 9.17) is 9.84 Å². The molecule has 1 aromatic carbocycles. The Morgan fingerprint density at radius 3 is 2.88 bits per heavy atom. The number of aromatic hydroxyl groups is 1. The minimum atomic E-state index is 0.148. The molecule has 0 spiro atoms. The Bertz CT molecular complexity index is 1090. The van der Waals surface area contributed by atoms with Gasteiger partial charge in [-0.25, -0.2) is 0 Å². The molecule has 4 aliphatic rings. The highest BCUT2D eigenvalue weighted by Crippen LogP contribution is 2.64. The summed E-state index contributed by atoms with van der Waals surface area (Å²) in [5.74, 6) is 2.94. The number of carbonyl (C=O) groups is 1. The lowest BCUT2D eigenvalue weighted by Gasteiger charge is -2.51. The lowest BCUT2D eigenvalue weighted by atomic mass is 9.53. The van der Waals surface area contributed by atoms with Crippen LogP contribution in [0.25, 0.3) is 0 Å². The van der Waals surface area contributed by atoms with Crippen LogP contribution in [0.5, 0.6) is 5.75 Å². The van der Waals surface area contributed by atoms with Crippen molar-refractivity contribution in [2.24, 2.45) is 18.9 Å². The lowest BCUT2D eigenvalue weighted by Crippen LogP contribution is -2.45. The average molecular weight is 464 g/mol. The maximum Gasteiger partial charge on any atom is 0.222 e. The summed E-state index contributed by atoms with van der Waals surface area (Å²) < 4.78 is 7.55. The van der Waals surface area contributed by atoms with E-state index in [-0.39, 0.29) is 11.3 Å². The number of nitrogens with zero attached hydrogens (tertiary/aromatic N) is 3. The molecule has 0 radical (unpaired) electrons. The molecule has 6 rings (SSSR count). The van der Waals surface area contributed by atoms with E-state index in [2.05, 4.69) is 30.9 Å². The van der Waals surface area contributed by atoms with Crippen molar-refractivity contribution in [3.05, 3.63) is 46.8 Å². The van der Waals surface area contributed by atoms with Gasteiger partial charge < -0.3 is 14.7 Å². The summed E-state index contributed by atoms with van der Waals surface area (Å²) in [5.41, 5.74) is 5.83. The first-order valence-corrected chi connectivity index (χ1v) is 13.2. The van der Waals surface area contributed by atoms with Gasteiger partial charge in [0.15, 0.2) is 0 Å². The summed E-state index contributed by atoms with van der Waals surface area (Å²) >= 11 is 0. The molecule has 5 atom stereocenters. The van der Waals surface area contributed by atoms with Crippen LogP contribution >= 0.6 is 0 Å². The molecule has 2 fully saturated rings. The number of morpholine rings is 1. The number of amides is 1. The second kappa shape index (κ2) is 8.40. The molecule has 6 nitrogen and oxygen atoms in total. The van der Waals surface area contributed by atoms with Crippen molar-refractivity contribution in [2.45, 2.75) is 69.1 Å². The van der Waals surface area contributed by atoms with Gasteiger partial charge in [-0.15, -0.1) is 0 Å². The molecule has 1 saturated carbocycles. The number of carbonyl (C=O) groups excluding carboxylic acids is 1. The van der Waals surface area contributed by atoms with Crippen LogP contribution in [0.15, 0.2) is 24.4 Å². The minimum Gasteiger partial charge on any atom is -0.508 e. The summed E-state index contributed by atoms with van der Waals surface area (Å²) in [7, 11) is 2.11. The number of aryl methyl sites for hydroxylation is 2. The number of fused-ring (bicyclic) bond motifs is 7. The number of phenols is 1. The van der Waals surface area contributed by atoms with Gasteiger partial charge in [0, 0.05) is 37.7 Å². The van der Waals surface area contributed by atoms with E-state index in [1.54, 1.807) is 0 Å². The van der Waals surface area contributed by atoms with E-state index >= 15 is 0 Å². The molecule has 2 heterocycles. The molecule has 34 heavy (non-hydrogen) atoms. The van der Waals surface area contributed by atoms with E-state index in [0.29, 0.717) is 49.1 Å². The standard InChI is InChI=1S/C28H37N3O3/c1-28-11-10-21-20-9-7-19(32)16-18(20)6-8-23(21)26(28)22(24-17-29-30(2)27(24)28)4-3-5-25(33)31-12-14-34-15-13-31/h7,9,16-17,21-23,26,32H,3-6,8,10-15H2,1-2H3/t21-,22-,23-,26+,28+/m1/s1. The van der Waals surface area contributed by atoms with Crippen molar-refractivity contribution in [1.29, 1.82) is 0 Å². The molecule has 1 aliphatic heterocycles. The fourth-order valence-corrected chi connectivity index (χ4v) is 8.23. The van der Waals surface area contributed by atoms with Crippen molar-refractivity contribution in [2.75, 3.05) is 26.3 Å². The van der Waals surface area contributed by atoms with Crippen molar-refractivity contribution in [1.82, 2.24) is 14.7 Å². The SMILES string of the molecule is Cn1ncc2c1[C@@]1(C)CC[C@@H]3c4ccc(O)cc4CC[C@H]3[C@@H]1[C@@H]2CCCC(=O)N1CCOCC1. The average Bonchev–Trinajstić information content (AvgIpc) is 3.35. The molecular weight excluding hydrogens is 426 g/mol. The molecule has 0 unspecified atom stereocenters. The minimum absolute atomic E-state index is 0.148. The Morgan fingerprint density at radius 2 is 2.06 bits per heavy atom. The van der Waals surface area contributed by atoms with Crippen LogP contribution in [0.3, 0.4) is 0 Å². The smallest absolute Gasteiger partial charge is 0.222 e. The quantitative estimate of drug-likeness (QED) is 0.736. The van der Waals surface area contributed by atoms with E-state index < -0.39 is 0 Å². The third kappa shape index (κ3) is 3.40. The van der Waals surface area contributed by atoms with Gasteiger partial charge in [-0.2, -0.15) is 5.10 Å². The first kappa shape index (κ1) is 22.1. The van der Waals surface area contributed by atoms with Crippen LogP contribution in [-0.4, -0.2) is 52.0 Å². The van der Waals surface area contributed by atoms with Gasteiger partial charge in [0.05, 0.1) is 19.4 Å². The number of benzene rings is 1. The van der Waals surface area contributed by atoms with Gasteiger partial charge in [0.1, 0.15) is 5.75 Å². The topological polar surface area (TPSA) is 67.6 Å². The van der Waals surface area contributed by atoms with E-state index in [1.165, 1.54) is 41.6 Å². The zero-order valence-corrected chi connectivity index (χ0v) is 20.5. The van der Waals surface area contributed by atoms with E-state index in [0.717, 1.165) is 32.4 Å². The maximum absolute atomic E-state index is 12.8. The number of ether oxygens (including phenoxy) is 1. The predicted octanol–water partition coefficient (Wildman–Crippen LogP) is 4.27. The Labute approximate surface area is 202 Å². The molecule has 0 bridgehead atoms. The zero-order valence-electron chi connectivity index (χ0n) is 20.5. The fraction of sp³-hybridized carbons (Fsp3) is 0.643. The summed E-state index contributed by atoms with van der Waals surface area (Å²) in [6.07, 6.45) is 9.35. The number of aromatic nitrogens is 2. The molecule has 1 saturated heterocycles. The van der Waals surface area contributed by atoms with Gasteiger partial charge in [0.25, 0.3) is 0 Å². The Morgan fingerprint density at radius 1 is 1.24 bits per heavy atom. The van der Waals surface area contributed by atoms with Crippen molar-refractivity contribution in [3.8, 4) is 5.75 Å². The first-order chi connectivity index (χ1) is 16.5. The summed E-state index contributed by atoms with van der Waals surface area (Å²) in [4.78, 5) is 14.8. The number of hydrogen-bond acceptors (Lipinski definition) is 4. The van der Waals surface area contributed by atoms with Crippen LogP contribution in [0.1, 0.15) is 79.7 Å². The normalized spacial score (nSPS) is 32.0. The van der Waals surface area contributed by atoms with Crippen molar-refractivity contribution >= 4 is 5.91 Å². The molecule has 1 amide bonds. The van der Waals surface area contributed by atoms with Gasteiger partial charge in [-0.1, -0.05) is 13.0 Å². The van der Waals surface area contributed by atoms with Crippen LogP contribution in [0.4, 0.5) is 0 Å². The van der Waals surface area contributed by atoms with Crippen molar-refractivity contribution in [3.63, 3.8) is 0 Å². The molecule has 182 valence electrons. The highest BCUT2D eigenvalue weighted by molar-refractivity contribution is 5.76. The molecule has 1 N–H and O–H groups in total. The predicted molar refractivity (Wildman–Crippen MR) is 130 cm³/mol. The largest absolute Gasteiger partial charge is 0.508 e. The molecular formula is C28H37N3O3. The van der Waals surface area contributed by atoms with E-state index in [1.807, 2.05) is 17.0 Å². The van der Waals surface area contributed by atoms with Crippen molar-refractivity contribution < 1.29 is 14.6 Å². The van der Waals surface area contributed by atoms with Crippen LogP contribution in [-0.2, 0) is 28.4 Å². The Kier molecular flexibility index (Phi) is 5.47. The van der Waals surface area contributed by atoms with Gasteiger partial charge in [-0.05, 0) is 91.0 Å². The number of rotatable bonds is 4. The molecule has 1 aromatic heterocycles. The molecule has 2 aromatic rings. The van der Waals surface area contributed by atoms with E-state index in [9.17, 15) is 9.90 Å². The summed E-state index contributed by atoms with van der Waals surface area (Å²) in [5, 5.41) is 14.7. The van der Waals surface area contributed by atoms with Crippen LogP contribution in [0.2, 0.25) is 0 Å². The molecule has 3 aliphatic carbocycles. The lowest BCUT2D eigenvalue weighted by molar-refractivity contribution is -0.135. The zero-order chi connectivity index (χ0) is 23.4. The van der Waals surface area contributed by atoms with Crippen LogP contribution in [0, 0.1) is 11.8 Å². The second-order valence-electron chi connectivity index (χ2n) is 11.2. The van der Waals surface area contributed by atoms with Gasteiger partial charge in [-0.3, -0.25) is 9.48 Å².